The van der Waals surface area contributed by atoms with Crippen LogP contribution in [0, 0.1) is 0 Å². The molecule has 0 N–H and O–H groups in total. The Morgan fingerprint density at radius 1 is 0.975 bits per heavy atom. The van der Waals surface area contributed by atoms with E-state index < -0.39 is 21.8 Å². The first-order valence-corrected chi connectivity index (χ1v) is 14.4. The van der Waals surface area contributed by atoms with E-state index in [4.69, 9.17) is 16.3 Å². The Morgan fingerprint density at radius 3 is 2.30 bits per heavy atom. The second kappa shape index (κ2) is 12.5. The Labute approximate surface area is 236 Å². The van der Waals surface area contributed by atoms with Crippen LogP contribution in [0.2, 0.25) is 5.02 Å². The Kier molecular flexibility index (Phi) is 9.27. The number of ether oxygens (including phenoxy) is 1. The molecule has 1 amide bonds. The average molecular weight is 596 g/mol. The highest BCUT2D eigenvalue weighted by atomic mass is 35.5. The van der Waals surface area contributed by atoms with Gasteiger partial charge in [0.1, 0.15) is 5.75 Å². The van der Waals surface area contributed by atoms with Crippen molar-refractivity contribution in [1.29, 1.82) is 0 Å². The van der Waals surface area contributed by atoms with Gasteiger partial charge >= 0.3 is 6.18 Å². The first-order chi connectivity index (χ1) is 19.0. The predicted molar refractivity (Wildman–Crippen MR) is 147 cm³/mol. The number of sulfonamides is 1. The molecule has 1 aliphatic rings. The van der Waals surface area contributed by atoms with Gasteiger partial charge in [-0.05, 0) is 48.4 Å². The third-order valence-electron chi connectivity index (χ3n) is 6.74. The van der Waals surface area contributed by atoms with Crippen molar-refractivity contribution >= 4 is 33.2 Å². The second-order valence-corrected chi connectivity index (χ2v) is 11.6. The summed E-state index contributed by atoms with van der Waals surface area (Å²) in [4.78, 5) is 16.6. The minimum absolute atomic E-state index is 0.0614. The molecule has 214 valence electrons. The maximum absolute atomic E-state index is 13.6. The van der Waals surface area contributed by atoms with Crippen molar-refractivity contribution in [3.05, 3.63) is 88.9 Å². The zero-order valence-electron chi connectivity index (χ0n) is 21.8. The van der Waals surface area contributed by atoms with Crippen molar-refractivity contribution < 1.29 is 31.1 Å². The minimum atomic E-state index is -4.45. The molecule has 12 heteroatoms. The predicted octanol–water partition coefficient (Wildman–Crippen LogP) is 4.95. The van der Waals surface area contributed by atoms with E-state index in [1.54, 1.807) is 11.0 Å². The van der Waals surface area contributed by atoms with Crippen LogP contribution in [0.15, 0.2) is 77.7 Å². The highest BCUT2D eigenvalue weighted by Crippen LogP contribution is 2.32. The Bertz CT molecular complexity index is 1430. The molecule has 1 heterocycles. The summed E-state index contributed by atoms with van der Waals surface area (Å²) in [5.74, 6) is -0.0638. The van der Waals surface area contributed by atoms with Gasteiger partial charge in [-0.15, -0.1) is 0 Å². The fourth-order valence-corrected chi connectivity index (χ4v) is 6.22. The number of hydrogen-bond acceptors (Lipinski definition) is 5. The van der Waals surface area contributed by atoms with Crippen LogP contribution in [0.3, 0.4) is 0 Å². The molecular weight excluding hydrogens is 567 g/mol. The molecule has 7 nitrogen and oxygen atoms in total. The molecule has 3 aromatic rings. The van der Waals surface area contributed by atoms with Gasteiger partial charge in [0.05, 0.1) is 29.1 Å². The van der Waals surface area contributed by atoms with E-state index in [2.05, 4.69) is 0 Å². The van der Waals surface area contributed by atoms with Crippen LogP contribution in [0.4, 0.5) is 18.9 Å². The van der Waals surface area contributed by atoms with Gasteiger partial charge in [0.2, 0.25) is 15.9 Å². The number of benzene rings is 3. The summed E-state index contributed by atoms with van der Waals surface area (Å²) in [7, 11) is -2.67. The average Bonchev–Trinajstić information content (AvgIpc) is 2.95. The summed E-state index contributed by atoms with van der Waals surface area (Å²) in [5, 5.41) is 0.128. The summed E-state index contributed by atoms with van der Waals surface area (Å²) >= 11 is 6.19. The number of nitrogens with zero attached hydrogens (tertiary/aromatic N) is 3. The number of piperazine rings is 1. The fraction of sp³-hybridized carbons (Fsp3) is 0.321. The molecule has 0 atom stereocenters. The maximum Gasteiger partial charge on any atom is 0.416 e. The molecule has 1 saturated heterocycles. The molecule has 0 unspecified atom stereocenters. The molecule has 0 radical (unpaired) electrons. The van der Waals surface area contributed by atoms with E-state index >= 15 is 0 Å². The van der Waals surface area contributed by atoms with Gasteiger partial charge in [0.15, 0.2) is 0 Å². The van der Waals surface area contributed by atoms with E-state index in [1.165, 1.54) is 36.3 Å². The zero-order chi connectivity index (χ0) is 28.9. The molecule has 4 rings (SSSR count). The van der Waals surface area contributed by atoms with Crippen LogP contribution in [-0.4, -0.2) is 69.9 Å². The highest BCUT2D eigenvalue weighted by Gasteiger charge is 2.32. The smallest absolute Gasteiger partial charge is 0.416 e. The lowest BCUT2D eigenvalue weighted by Crippen LogP contribution is -2.52. The number of halogens is 4. The normalized spacial score (nSPS) is 14.4. The van der Waals surface area contributed by atoms with Gasteiger partial charge in [0, 0.05) is 38.4 Å². The monoisotopic (exact) mass is 595 g/mol. The van der Waals surface area contributed by atoms with Gasteiger partial charge in [0.25, 0.3) is 0 Å². The molecule has 0 spiro atoms. The molecular formula is C28H29ClF3N3O4S. The van der Waals surface area contributed by atoms with Gasteiger partial charge in [-0.3, -0.25) is 4.79 Å². The van der Waals surface area contributed by atoms with Gasteiger partial charge in [-0.25, -0.2) is 8.42 Å². The number of hydrogen-bond donors (Lipinski definition) is 0. The molecule has 1 aliphatic heterocycles. The van der Waals surface area contributed by atoms with Gasteiger partial charge < -0.3 is 14.5 Å². The van der Waals surface area contributed by atoms with Crippen molar-refractivity contribution in [1.82, 2.24) is 9.21 Å². The number of rotatable bonds is 9. The quantitative estimate of drug-likeness (QED) is 0.350. The Balaban J connectivity index is 1.48. The minimum Gasteiger partial charge on any atom is -0.495 e. The second-order valence-electron chi connectivity index (χ2n) is 9.29. The number of methoxy groups -OCH3 is 1. The van der Waals surface area contributed by atoms with E-state index in [9.17, 15) is 26.4 Å². The van der Waals surface area contributed by atoms with E-state index in [1.807, 2.05) is 30.3 Å². The topological polar surface area (TPSA) is 70.2 Å². The molecule has 1 fully saturated rings. The lowest BCUT2D eigenvalue weighted by Gasteiger charge is -2.37. The van der Waals surface area contributed by atoms with Crippen LogP contribution in [-0.2, 0) is 27.4 Å². The summed E-state index contributed by atoms with van der Waals surface area (Å²) < 4.78 is 72.9. The maximum atomic E-state index is 13.6. The molecule has 3 aromatic carbocycles. The van der Waals surface area contributed by atoms with E-state index in [0.717, 1.165) is 22.0 Å². The van der Waals surface area contributed by atoms with Crippen molar-refractivity contribution in [3.63, 3.8) is 0 Å². The third kappa shape index (κ3) is 7.07. The summed E-state index contributed by atoms with van der Waals surface area (Å²) in [6, 6.07) is 18.5. The van der Waals surface area contributed by atoms with Crippen molar-refractivity contribution in [2.75, 3.05) is 51.3 Å². The lowest BCUT2D eigenvalue weighted by molar-refractivity contribution is -0.137. The lowest BCUT2D eigenvalue weighted by atomic mass is 10.1. The first-order valence-electron chi connectivity index (χ1n) is 12.6. The number of carbonyl (C=O) groups is 1. The Morgan fingerprint density at radius 2 is 1.68 bits per heavy atom. The summed E-state index contributed by atoms with van der Waals surface area (Å²) in [5.41, 5.74) is 0.601. The van der Waals surface area contributed by atoms with E-state index in [0.29, 0.717) is 30.9 Å². The first kappa shape index (κ1) is 29.7. The number of anilines is 1. The largest absolute Gasteiger partial charge is 0.495 e. The molecule has 0 aliphatic carbocycles. The standard InChI is InChI=1S/C28H29ClF3N3O4S/c1-39-26-11-10-24(19-25(26)29)40(37,38)35(13-12-21-6-3-2-4-7-21)20-27(36)34-16-14-33(15-17-34)23-9-5-8-22(18-23)28(30,31)32/h2-11,18-19H,12-17,20H2,1H3. The van der Waals surface area contributed by atoms with Crippen molar-refractivity contribution in [2.24, 2.45) is 0 Å². The number of amides is 1. The zero-order valence-corrected chi connectivity index (χ0v) is 23.3. The fourth-order valence-electron chi connectivity index (χ4n) is 4.48. The van der Waals surface area contributed by atoms with Crippen LogP contribution in [0.5, 0.6) is 5.75 Å². The number of carbonyl (C=O) groups excluding carboxylic acids is 1. The molecule has 0 aromatic heterocycles. The van der Waals surface area contributed by atoms with Gasteiger partial charge in [-0.1, -0.05) is 48.0 Å². The van der Waals surface area contributed by atoms with Gasteiger partial charge in [-0.2, -0.15) is 17.5 Å². The van der Waals surface area contributed by atoms with Crippen LogP contribution in [0.25, 0.3) is 0 Å². The molecule has 0 bridgehead atoms. The summed E-state index contributed by atoms with van der Waals surface area (Å²) in [6.45, 7) is 0.802. The van der Waals surface area contributed by atoms with Crippen molar-refractivity contribution in [2.45, 2.75) is 17.5 Å². The van der Waals surface area contributed by atoms with Crippen LogP contribution >= 0.6 is 11.6 Å². The Hall–Kier alpha value is -3.28. The SMILES string of the molecule is COc1ccc(S(=O)(=O)N(CCc2ccccc2)CC(=O)N2CCN(c3cccc(C(F)(F)F)c3)CC2)cc1Cl. The molecule has 0 saturated carbocycles. The number of alkyl halides is 3. The van der Waals surface area contributed by atoms with Crippen molar-refractivity contribution in [3.8, 4) is 5.75 Å². The molecule has 40 heavy (non-hydrogen) atoms. The van der Waals surface area contributed by atoms with E-state index in [-0.39, 0.29) is 42.0 Å². The van der Waals surface area contributed by atoms with Crippen LogP contribution < -0.4 is 9.64 Å². The van der Waals surface area contributed by atoms with Crippen LogP contribution in [0.1, 0.15) is 11.1 Å². The summed E-state index contributed by atoms with van der Waals surface area (Å²) in [6.07, 6.45) is -4.06. The third-order valence-corrected chi connectivity index (χ3v) is 8.87. The highest BCUT2D eigenvalue weighted by molar-refractivity contribution is 7.89.